The van der Waals surface area contributed by atoms with Crippen LogP contribution in [0.15, 0.2) is 84.9 Å². The van der Waals surface area contributed by atoms with Crippen LogP contribution in [0.2, 0.25) is 0 Å². The van der Waals surface area contributed by atoms with Crippen LogP contribution < -0.4 is 0 Å². The van der Waals surface area contributed by atoms with Crippen LogP contribution in [0.1, 0.15) is 11.1 Å². The van der Waals surface area contributed by atoms with Gasteiger partial charge in [0.25, 0.3) is 0 Å². The highest BCUT2D eigenvalue weighted by molar-refractivity contribution is 5.87. The predicted molar refractivity (Wildman–Crippen MR) is 95.1 cm³/mol. The van der Waals surface area contributed by atoms with Gasteiger partial charge >= 0.3 is 0 Å². The summed E-state index contributed by atoms with van der Waals surface area (Å²) in [5.74, 6) is 0. The van der Waals surface area contributed by atoms with Crippen molar-refractivity contribution in [1.29, 1.82) is 0 Å². The summed E-state index contributed by atoms with van der Waals surface area (Å²) in [7, 11) is 0. The summed E-state index contributed by atoms with van der Waals surface area (Å²) < 4.78 is 0. The molecule has 0 aromatic rings. The lowest BCUT2D eigenvalue weighted by Gasteiger charge is -1.97. The summed E-state index contributed by atoms with van der Waals surface area (Å²) in [6.07, 6.45) is 4.42. The second-order valence-electron chi connectivity index (χ2n) is 5.47. The monoisotopic (exact) mass is 280 g/mol. The quantitative estimate of drug-likeness (QED) is 0.418. The molecule has 0 bridgehead atoms. The Bertz CT molecular complexity index is 811. The molecule has 0 fully saturated rings. The van der Waals surface area contributed by atoms with Crippen molar-refractivity contribution in [2.75, 3.05) is 0 Å². The Morgan fingerprint density at radius 1 is 0.409 bits per heavy atom. The smallest absolute Gasteiger partial charge is 0.0111 e. The van der Waals surface area contributed by atoms with E-state index >= 15 is 0 Å². The number of rotatable bonds is 2. The highest BCUT2D eigenvalue weighted by atomic mass is 14.1. The lowest BCUT2D eigenvalue weighted by atomic mass is 10.1. The van der Waals surface area contributed by atoms with Crippen molar-refractivity contribution in [1.82, 2.24) is 0 Å². The van der Waals surface area contributed by atoms with Crippen LogP contribution in [0.3, 0.4) is 0 Å². The summed E-state index contributed by atoms with van der Waals surface area (Å²) in [4.78, 5) is 0. The Kier molecular flexibility index (Phi) is 3.21. The molecule has 4 aliphatic rings. The number of fused-ring (bicyclic) bond motifs is 2. The van der Waals surface area contributed by atoms with E-state index in [9.17, 15) is 0 Å². The van der Waals surface area contributed by atoms with E-state index in [1.54, 1.807) is 0 Å². The average molecular weight is 280 g/mol. The molecule has 0 heterocycles. The molecule has 4 aliphatic carbocycles. The molecular formula is C22H16. The van der Waals surface area contributed by atoms with Crippen molar-refractivity contribution in [3.63, 3.8) is 0 Å². The van der Waals surface area contributed by atoms with Gasteiger partial charge in [-0.05, 0) is 33.4 Å². The van der Waals surface area contributed by atoms with Gasteiger partial charge in [0, 0.05) is 0 Å². The van der Waals surface area contributed by atoms with E-state index in [-0.39, 0.29) is 0 Å². The zero-order valence-electron chi connectivity index (χ0n) is 12.2. The van der Waals surface area contributed by atoms with E-state index in [0.29, 0.717) is 0 Å². The van der Waals surface area contributed by atoms with Crippen molar-refractivity contribution in [2.45, 2.75) is 0 Å². The first kappa shape index (κ1) is 12.8. The molecule has 0 saturated heterocycles. The third-order valence-electron chi connectivity index (χ3n) is 4.09. The molecule has 104 valence electrons. The van der Waals surface area contributed by atoms with Crippen LogP contribution in [0.4, 0.5) is 0 Å². The van der Waals surface area contributed by atoms with Crippen LogP contribution in [-0.2, 0) is 0 Å². The van der Waals surface area contributed by atoms with Crippen LogP contribution in [0.5, 0.6) is 0 Å². The molecule has 0 aromatic heterocycles. The Balaban J connectivity index is 1.73. The summed E-state index contributed by atoms with van der Waals surface area (Å²) in [6.45, 7) is 0. The largest absolute Gasteiger partial charge is 0.0622 e. The Labute approximate surface area is 131 Å². The Hall–Kier alpha value is -2.86. The van der Waals surface area contributed by atoms with Gasteiger partial charge in [-0.2, -0.15) is 0 Å². The van der Waals surface area contributed by atoms with Crippen molar-refractivity contribution in [3.05, 3.63) is 96.1 Å². The molecule has 4 rings (SSSR count). The topological polar surface area (TPSA) is 0 Å². The van der Waals surface area contributed by atoms with Gasteiger partial charge in [0.2, 0.25) is 0 Å². The first-order valence-corrected chi connectivity index (χ1v) is 7.55. The van der Waals surface area contributed by atoms with Gasteiger partial charge in [0.1, 0.15) is 0 Å². The van der Waals surface area contributed by atoms with Crippen LogP contribution >= 0.6 is 0 Å². The highest BCUT2D eigenvalue weighted by Gasteiger charge is 2.07. The highest BCUT2D eigenvalue weighted by Crippen LogP contribution is 2.31. The molecule has 22 heavy (non-hydrogen) atoms. The third kappa shape index (κ3) is 2.29. The minimum atomic E-state index is 1.26. The van der Waals surface area contributed by atoms with E-state index in [0.717, 1.165) is 0 Å². The predicted octanol–water partition coefficient (Wildman–Crippen LogP) is 6.07. The van der Waals surface area contributed by atoms with Gasteiger partial charge in [-0.1, -0.05) is 97.1 Å². The second kappa shape index (κ2) is 5.50. The minimum Gasteiger partial charge on any atom is -0.0622 e. The fraction of sp³-hybridized carbons (Fsp3) is 0. The van der Waals surface area contributed by atoms with Gasteiger partial charge in [0.15, 0.2) is 0 Å². The van der Waals surface area contributed by atoms with Gasteiger partial charge in [0.05, 0.1) is 0 Å². The van der Waals surface area contributed by atoms with Crippen molar-refractivity contribution in [2.24, 2.45) is 0 Å². The van der Waals surface area contributed by atoms with Crippen LogP contribution in [0.25, 0.3) is 34.4 Å². The molecular weight excluding hydrogens is 264 g/mol. The zero-order valence-corrected chi connectivity index (χ0v) is 12.2. The molecule has 0 heteroatoms. The summed E-state index contributed by atoms with van der Waals surface area (Å²) in [5, 5.41) is 0. The normalized spacial score (nSPS) is 11.5. The fourth-order valence-electron chi connectivity index (χ4n) is 2.95. The molecule has 0 nitrogen and oxygen atoms in total. The SMILES string of the molecule is C(=C\c1ccc2cccccc1-2)/c1ccc2cccccc1-2. The van der Waals surface area contributed by atoms with Gasteiger partial charge in [-0.25, -0.2) is 0 Å². The van der Waals surface area contributed by atoms with Crippen LogP contribution in [0, 0.1) is 0 Å². The summed E-state index contributed by atoms with van der Waals surface area (Å²) in [6, 6.07) is 29.9. The standard InChI is InChI=1S/C22H16/c1-3-7-17-11-13-19(21(17)9-5-1)15-16-20-14-12-18-8-4-2-6-10-22(18)20/h1-16H/b16-15+. The summed E-state index contributed by atoms with van der Waals surface area (Å²) >= 11 is 0. The third-order valence-corrected chi connectivity index (χ3v) is 4.09. The van der Waals surface area contributed by atoms with E-state index in [1.165, 1.54) is 33.4 Å². The Morgan fingerprint density at radius 3 is 1.36 bits per heavy atom. The first-order chi connectivity index (χ1) is 10.9. The van der Waals surface area contributed by atoms with E-state index in [4.69, 9.17) is 0 Å². The number of hydrogen-bond donors (Lipinski definition) is 0. The second-order valence-corrected chi connectivity index (χ2v) is 5.47. The van der Waals surface area contributed by atoms with Crippen molar-refractivity contribution < 1.29 is 0 Å². The van der Waals surface area contributed by atoms with Gasteiger partial charge < -0.3 is 0 Å². The van der Waals surface area contributed by atoms with Gasteiger partial charge in [-0.3, -0.25) is 0 Å². The molecule has 0 aromatic carbocycles. The average Bonchev–Trinajstić information content (AvgIpc) is 2.90. The maximum atomic E-state index is 2.21. The molecule has 0 spiro atoms. The fourth-order valence-corrected chi connectivity index (χ4v) is 2.95. The lowest BCUT2D eigenvalue weighted by Crippen LogP contribution is -1.73. The zero-order chi connectivity index (χ0) is 14.8. The number of hydrogen-bond acceptors (Lipinski definition) is 0. The molecule has 0 saturated carbocycles. The molecule has 0 atom stereocenters. The van der Waals surface area contributed by atoms with E-state index in [2.05, 4.69) is 97.1 Å². The van der Waals surface area contributed by atoms with Crippen molar-refractivity contribution >= 4 is 12.2 Å². The van der Waals surface area contributed by atoms with Gasteiger partial charge in [-0.15, -0.1) is 0 Å². The van der Waals surface area contributed by atoms with Crippen LogP contribution in [-0.4, -0.2) is 0 Å². The first-order valence-electron chi connectivity index (χ1n) is 7.55. The van der Waals surface area contributed by atoms with E-state index in [1.807, 2.05) is 0 Å². The molecule has 0 aliphatic heterocycles. The molecule has 0 N–H and O–H groups in total. The molecule has 0 unspecified atom stereocenters. The Morgan fingerprint density at radius 2 is 0.864 bits per heavy atom. The van der Waals surface area contributed by atoms with Crippen molar-refractivity contribution in [3.8, 4) is 22.3 Å². The maximum absolute atomic E-state index is 2.21. The molecule has 0 amide bonds. The lowest BCUT2D eigenvalue weighted by molar-refractivity contribution is 1.78. The van der Waals surface area contributed by atoms with E-state index < -0.39 is 0 Å². The molecule has 0 radical (unpaired) electrons. The maximum Gasteiger partial charge on any atom is -0.0111 e. The minimum absolute atomic E-state index is 1.26. The summed E-state index contributed by atoms with van der Waals surface area (Å²) in [5.41, 5.74) is 7.68.